The number of urea groups is 1. The number of nitrogens with one attached hydrogen (secondary N) is 2. The number of rotatable bonds is 8. The van der Waals surface area contributed by atoms with Gasteiger partial charge < -0.3 is 34.4 Å². The molecule has 13 heteroatoms. The van der Waals surface area contributed by atoms with Crippen LogP contribution >= 0.6 is 0 Å². The number of ether oxygens (including phenoxy) is 3. The Labute approximate surface area is 262 Å². The lowest BCUT2D eigenvalue weighted by Gasteiger charge is -2.34. The second-order valence-corrected chi connectivity index (χ2v) is 13.2. The minimum Gasteiger partial charge on any atom is -0.488 e. The summed E-state index contributed by atoms with van der Waals surface area (Å²) in [4.78, 5) is 29.9. The molecule has 0 unspecified atom stereocenters. The van der Waals surface area contributed by atoms with E-state index in [2.05, 4.69) is 10.0 Å². The molecular formula is C32H38N4O8S. The number of aliphatic hydroxyl groups excluding tert-OH is 1. The second-order valence-electron chi connectivity index (χ2n) is 11.5. The van der Waals surface area contributed by atoms with Gasteiger partial charge >= 0.3 is 6.03 Å². The largest absolute Gasteiger partial charge is 0.488 e. The third-order valence-corrected chi connectivity index (χ3v) is 9.32. The molecule has 3 amide bonds. The van der Waals surface area contributed by atoms with E-state index in [0.717, 1.165) is 5.56 Å². The van der Waals surface area contributed by atoms with Crippen molar-refractivity contribution in [2.24, 2.45) is 5.92 Å². The average molecular weight is 639 g/mol. The summed E-state index contributed by atoms with van der Waals surface area (Å²) in [6.45, 7) is 5.91. The highest BCUT2D eigenvalue weighted by Crippen LogP contribution is 2.34. The third kappa shape index (κ3) is 7.43. The van der Waals surface area contributed by atoms with Gasteiger partial charge in [-0.05, 0) is 56.3 Å². The summed E-state index contributed by atoms with van der Waals surface area (Å²) < 4.78 is 45.9. The lowest BCUT2D eigenvalue weighted by atomic mass is 10.0. The summed E-state index contributed by atoms with van der Waals surface area (Å²) >= 11 is 0. The summed E-state index contributed by atoms with van der Waals surface area (Å²) in [5, 5.41) is 12.8. The topological polar surface area (TPSA) is 147 Å². The summed E-state index contributed by atoms with van der Waals surface area (Å²) in [7, 11) is -2.23. The lowest BCUT2D eigenvalue weighted by molar-refractivity contribution is -0.134. The van der Waals surface area contributed by atoms with Gasteiger partial charge in [0.2, 0.25) is 12.7 Å². The van der Waals surface area contributed by atoms with Crippen LogP contribution in [-0.2, 0) is 21.2 Å². The van der Waals surface area contributed by atoms with Crippen molar-refractivity contribution in [1.29, 1.82) is 0 Å². The lowest BCUT2D eigenvalue weighted by Crippen LogP contribution is -2.48. The second kappa shape index (κ2) is 13.2. The van der Waals surface area contributed by atoms with Gasteiger partial charge in [-0.25, -0.2) is 13.2 Å². The van der Waals surface area contributed by atoms with E-state index in [-0.39, 0.29) is 61.3 Å². The monoisotopic (exact) mass is 638 g/mol. The number of anilines is 2. The summed E-state index contributed by atoms with van der Waals surface area (Å²) in [6, 6.07) is 15.6. The first kappa shape index (κ1) is 31.9. The first-order chi connectivity index (χ1) is 21.4. The number of carbonyl (C=O) groups is 2. The smallest absolute Gasteiger partial charge is 0.321 e. The standard InChI is InChI=1S/C32H38N4O8S/c1-20-5-9-26(10-6-20)45(40,41)34-25-8-11-27-23(13-25)14-31(38)36(22(3)18-37)16-21(2)30(44-27)17-35(4)32(39)33-24-7-12-28-29(15-24)43-19-42-28/h5-13,15,21-22,30,34,37H,14,16-19H2,1-4H3,(H,33,39)/t21-,22+,30-/m1/s1. The SMILES string of the molecule is Cc1ccc(S(=O)(=O)Nc2ccc3c(c2)CC(=O)N([C@@H](C)CO)C[C@@H](C)[C@@H](CN(C)C(=O)Nc2ccc4c(c2)OCO4)O3)cc1. The van der Waals surface area contributed by atoms with Crippen LogP contribution in [0.4, 0.5) is 16.2 Å². The minimum atomic E-state index is -3.88. The third-order valence-electron chi connectivity index (χ3n) is 7.92. The van der Waals surface area contributed by atoms with Gasteiger partial charge in [0.1, 0.15) is 11.9 Å². The number of hydrogen-bond donors (Lipinski definition) is 3. The Balaban J connectivity index is 1.38. The van der Waals surface area contributed by atoms with Crippen LogP contribution in [0.5, 0.6) is 17.2 Å². The van der Waals surface area contributed by atoms with E-state index in [0.29, 0.717) is 28.5 Å². The fourth-order valence-corrected chi connectivity index (χ4v) is 6.24. The van der Waals surface area contributed by atoms with Crippen molar-refractivity contribution < 1.29 is 37.3 Å². The Hall–Kier alpha value is -4.49. The van der Waals surface area contributed by atoms with Gasteiger partial charge in [0, 0.05) is 42.5 Å². The van der Waals surface area contributed by atoms with Crippen molar-refractivity contribution >= 4 is 33.3 Å². The summed E-state index contributed by atoms with van der Waals surface area (Å²) in [5.74, 6) is 1.08. The molecule has 0 saturated carbocycles. The molecule has 0 bridgehead atoms. The number of benzene rings is 3. The quantitative estimate of drug-likeness (QED) is 0.337. The molecule has 3 atom stereocenters. The number of nitrogens with zero attached hydrogens (tertiary/aromatic N) is 2. The van der Waals surface area contributed by atoms with Crippen LogP contribution in [0.25, 0.3) is 0 Å². The predicted molar refractivity (Wildman–Crippen MR) is 168 cm³/mol. The van der Waals surface area contributed by atoms with Gasteiger partial charge in [-0.15, -0.1) is 0 Å². The molecule has 0 aliphatic carbocycles. The van der Waals surface area contributed by atoms with Crippen molar-refractivity contribution in [2.45, 2.75) is 44.2 Å². The van der Waals surface area contributed by atoms with Crippen LogP contribution in [0.1, 0.15) is 25.0 Å². The Morgan fingerprint density at radius 1 is 1.04 bits per heavy atom. The Bertz CT molecular complexity index is 1660. The molecule has 3 N–H and O–H groups in total. The normalized spacial score (nSPS) is 18.5. The maximum absolute atomic E-state index is 13.5. The molecule has 45 heavy (non-hydrogen) atoms. The molecule has 0 saturated heterocycles. The maximum atomic E-state index is 13.5. The zero-order valence-electron chi connectivity index (χ0n) is 25.6. The Morgan fingerprint density at radius 3 is 2.47 bits per heavy atom. The zero-order valence-corrected chi connectivity index (χ0v) is 26.5. The highest BCUT2D eigenvalue weighted by Gasteiger charge is 2.32. The molecule has 2 aliphatic heterocycles. The number of likely N-dealkylation sites (N-methyl/N-ethyl adjacent to an activating group) is 1. The van der Waals surface area contributed by atoms with Crippen LogP contribution < -0.4 is 24.2 Å². The molecule has 240 valence electrons. The minimum absolute atomic E-state index is 0.0698. The van der Waals surface area contributed by atoms with E-state index in [9.17, 15) is 23.1 Å². The molecule has 5 rings (SSSR count). The van der Waals surface area contributed by atoms with Crippen LogP contribution in [0.3, 0.4) is 0 Å². The van der Waals surface area contributed by atoms with Crippen LogP contribution in [0.15, 0.2) is 65.6 Å². The number of fused-ring (bicyclic) bond motifs is 2. The van der Waals surface area contributed by atoms with Crippen LogP contribution in [0.2, 0.25) is 0 Å². The Kier molecular flexibility index (Phi) is 9.40. The Morgan fingerprint density at radius 2 is 1.73 bits per heavy atom. The molecule has 0 spiro atoms. The highest BCUT2D eigenvalue weighted by molar-refractivity contribution is 7.92. The van der Waals surface area contributed by atoms with Crippen LogP contribution in [0, 0.1) is 12.8 Å². The maximum Gasteiger partial charge on any atom is 0.321 e. The van der Waals surface area contributed by atoms with E-state index < -0.39 is 22.2 Å². The number of carbonyl (C=O) groups excluding carboxylic acids is 2. The molecular weight excluding hydrogens is 600 g/mol. The molecule has 2 heterocycles. The predicted octanol–water partition coefficient (Wildman–Crippen LogP) is 3.84. The molecule has 12 nitrogen and oxygen atoms in total. The highest BCUT2D eigenvalue weighted by atomic mass is 32.2. The van der Waals surface area contributed by atoms with Crippen LogP contribution in [-0.4, -0.2) is 80.9 Å². The van der Waals surface area contributed by atoms with Gasteiger partial charge in [-0.2, -0.15) is 0 Å². The van der Waals surface area contributed by atoms with E-state index in [4.69, 9.17) is 14.2 Å². The molecule has 0 fully saturated rings. The van der Waals surface area contributed by atoms with E-state index in [1.54, 1.807) is 67.4 Å². The first-order valence-corrected chi connectivity index (χ1v) is 16.1. The summed E-state index contributed by atoms with van der Waals surface area (Å²) in [6.07, 6.45) is -0.620. The number of sulfonamides is 1. The van der Waals surface area contributed by atoms with E-state index in [1.807, 2.05) is 13.8 Å². The van der Waals surface area contributed by atoms with Crippen molar-refractivity contribution in [2.75, 3.05) is 43.6 Å². The number of aliphatic hydroxyl groups is 1. The summed E-state index contributed by atoms with van der Waals surface area (Å²) in [5.41, 5.74) is 2.23. The zero-order chi connectivity index (χ0) is 32.3. The molecule has 3 aromatic carbocycles. The van der Waals surface area contributed by atoms with Crippen molar-refractivity contribution in [1.82, 2.24) is 9.80 Å². The van der Waals surface area contributed by atoms with Gasteiger partial charge in [-0.3, -0.25) is 9.52 Å². The van der Waals surface area contributed by atoms with E-state index in [1.165, 1.54) is 17.0 Å². The molecule has 0 aromatic heterocycles. The van der Waals surface area contributed by atoms with E-state index >= 15 is 0 Å². The van der Waals surface area contributed by atoms with Crippen molar-refractivity contribution in [3.05, 3.63) is 71.8 Å². The number of aryl methyl sites for hydroxylation is 1. The fraction of sp³-hybridized carbons (Fsp3) is 0.375. The van der Waals surface area contributed by atoms with Crippen molar-refractivity contribution in [3.63, 3.8) is 0 Å². The molecule has 2 aliphatic rings. The average Bonchev–Trinajstić information content (AvgIpc) is 3.48. The fourth-order valence-electron chi connectivity index (χ4n) is 5.19. The first-order valence-electron chi connectivity index (χ1n) is 14.6. The molecule has 3 aromatic rings. The number of hydrogen-bond acceptors (Lipinski definition) is 8. The van der Waals surface area contributed by atoms with Crippen molar-refractivity contribution in [3.8, 4) is 17.2 Å². The number of amides is 3. The van der Waals surface area contributed by atoms with Gasteiger partial charge in [0.05, 0.1) is 30.5 Å². The van der Waals surface area contributed by atoms with Gasteiger partial charge in [0.15, 0.2) is 11.5 Å². The molecule has 0 radical (unpaired) electrons. The van der Waals surface area contributed by atoms with Gasteiger partial charge in [0.25, 0.3) is 10.0 Å². The van der Waals surface area contributed by atoms with Gasteiger partial charge in [-0.1, -0.05) is 24.6 Å².